The monoisotopic (exact) mass is 281 g/mol. The summed E-state index contributed by atoms with van der Waals surface area (Å²) in [7, 11) is 1.67. The Morgan fingerprint density at radius 3 is 2.95 bits per heavy atom. The smallest absolute Gasteiger partial charge is 0.185 e. The van der Waals surface area contributed by atoms with Gasteiger partial charge in [0, 0.05) is 19.4 Å². The number of hydrogen-bond donors (Lipinski definition) is 1. The predicted molar refractivity (Wildman–Crippen MR) is 73.9 cm³/mol. The van der Waals surface area contributed by atoms with Gasteiger partial charge in [-0.2, -0.15) is 0 Å². The van der Waals surface area contributed by atoms with Gasteiger partial charge in [0.05, 0.1) is 16.6 Å². The summed E-state index contributed by atoms with van der Waals surface area (Å²) in [5.74, 6) is 0.576. The van der Waals surface area contributed by atoms with Crippen LogP contribution in [0.2, 0.25) is 5.02 Å². The highest BCUT2D eigenvalue weighted by Gasteiger charge is 2.18. The zero-order chi connectivity index (χ0) is 13.8. The second kappa shape index (κ2) is 5.99. The van der Waals surface area contributed by atoms with Crippen LogP contribution < -0.4 is 5.73 Å². The third kappa shape index (κ3) is 2.85. The van der Waals surface area contributed by atoms with Gasteiger partial charge < -0.3 is 10.5 Å². The van der Waals surface area contributed by atoms with Crippen LogP contribution in [0.1, 0.15) is 19.4 Å². The number of methoxy groups -OCH3 is 1. The molecule has 1 aromatic heterocycles. The van der Waals surface area contributed by atoms with Crippen molar-refractivity contribution in [2.45, 2.75) is 19.4 Å². The van der Waals surface area contributed by atoms with Crippen molar-refractivity contribution < 1.29 is 4.74 Å². The molecule has 0 fully saturated rings. The second-order valence-electron chi connectivity index (χ2n) is 4.28. The highest BCUT2D eigenvalue weighted by atomic mass is 35.5. The molecule has 19 heavy (non-hydrogen) atoms. The fourth-order valence-corrected chi connectivity index (χ4v) is 2.11. The van der Waals surface area contributed by atoms with Crippen LogP contribution in [0.3, 0.4) is 0 Å². The molecule has 0 saturated heterocycles. The van der Waals surface area contributed by atoms with Crippen LogP contribution in [0.5, 0.6) is 0 Å². The molecular weight excluding hydrogens is 266 g/mol. The van der Waals surface area contributed by atoms with E-state index in [0.29, 0.717) is 28.7 Å². The maximum Gasteiger partial charge on any atom is 0.185 e. The molecule has 0 radical (unpaired) electrons. The van der Waals surface area contributed by atoms with E-state index in [2.05, 4.69) is 15.5 Å². The number of anilines is 1. The molecule has 0 aliphatic carbocycles. The molecule has 2 rings (SSSR count). The van der Waals surface area contributed by atoms with Crippen LogP contribution in [0.4, 0.5) is 5.69 Å². The van der Waals surface area contributed by atoms with E-state index in [4.69, 9.17) is 22.1 Å². The quantitative estimate of drug-likeness (QED) is 0.850. The van der Waals surface area contributed by atoms with Gasteiger partial charge in [0.1, 0.15) is 0 Å². The van der Waals surface area contributed by atoms with Crippen molar-refractivity contribution in [1.82, 2.24) is 20.2 Å². The number of nitrogens with two attached hydrogens (primary N) is 1. The summed E-state index contributed by atoms with van der Waals surface area (Å²) in [6.07, 6.45) is 0.804. The number of rotatable bonds is 5. The Balaban J connectivity index is 2.39. The van der Waals surface area contributed by atoms with E-state index in [-0.39, 0.29) is 6.04 Å². The van der Waals surface area contributed by atoms with Gasteiger partial charge in [-0.1, -0.05) is 17.7 Å². The van der Waals surface area contributed by atoms with Gasteiger partial charge in [-0.15, -0.1) is 5.10 Å². The van der Waals surface area contributed by atoms with Crippen LogP contribution in [-0.4, -0.2) is 33.9 Å². The van der Waals surface area contributed by atoms with Crippen molar-refractivity contribution in [2.75, 3.05) is 19.5 Å². The largest absolute Gasteiger partial charge is 0.398 e. The van der Waals surface area contributed by atoms with Gasteiger partial charge in [-0.3, -0.25) is 0 Å². The number of tetrazole rings is 1. The average Bonchev–Trinajstić information content (AvgIpc) is 2.85. The van der Waals surface area contributed by atoms with Crippen molar-refractivity contribution in [3.63, 3.8) is 0 Å². The molecule has 0 aliphatic heterocycles. The van der Waals surface area contributed by atoms with Gasteiger partial charge in [0.15, 0.2) is 5.82 Å². The number of ether oxygens (including phenoxy) is 1. The third-order valence-electron chi connectivity index (χ3n) is 2.92. The van der Waals surface area contributed by atoms with Crippen LogP contribution in [0.25, 0.3) is 11.4 Å². The number of nitrogen functional groups attached to an aromatic ring is 1. The summed E-state index contributed by atoms with van der Waals surface area (Å²) in [6, 6.07) is 5.44. The summed E-state index contributed by atoms with van der Waals surface area (Å²) in [4.78, 5) is 0. The Kier molecular flexibility index (Phi) is 4.34. The van der Waals surface area contributed by atoms with Gasteiger partial charge in [-0.05, 0) is 35.9 Å². The van der Waals surface area contributed by atoms with E-state index in [1.165, 1.54) is 0 Å². The van der Waals surface area contributed by atoms with Crippen molar-refractivity contribution in [3.8, 4) is 11.4 Å². The van der Waals surface area contributed by atoms with Gasteiger partial charge in [0.25, 0.3) is 0 Å². The maximum atomic E-state index is 6.19. The van der Waals surface area contributed by atoms with Crippen LogP contribution >= 0.6 is 11.6 Å². The third-order valence-corrected chi connectivity index (χ3v) is 3.23. The summed E-state index contributed by atoms with van der Waals surface area (Å²) in [6.45, 7) is 2.66. The number of benzene rings is 1. The minimum Gasteiger partial charge on any atom is -0.398 e. The molecule has 2 aromatic rings. The number of hydrogen-bond acceptors (Lipinski definition) is 5. The molecule has 7 heteroatoms. The lowest BCUT2D eigenvalue weighted by molar-refractivity contribution is 0.178. The van der Waals surface area contributed by atoms with E-state index in [0.717, 1.165) is 6.42 Å². The van der Waals surface area contributed by atoms with E-state index in [1.54, 1.807) is 30.0 Å². The van der Waals surface area contributed by atoms with Crippen LogP contribution in [0.15, 0.2) is 18.2 Å². The molecule has 1 heterocycles. The van der Waals surface area contributed by atoms with Gasteiger partial charge in [-0.25, -0.2) is 4.68 Å². The molecule has 2 N–H and O–H groups in total. The minimum absolute atomic E-state index is 0.0978. The first kappa shape index (κ1) is 13.8. The first-order chi connectivity index (χ1) is 9.15. The highest BCUT2D eigenvalue weighted by Crippen LogP contribution is 2.32. The highest BCUT2D eigenvalue weighted by molar-refractivity contribution is 6.33. The summed E-state index contributed by atoms with van der Waals surface area (Å²) in [5, 5.41) is 12.3. The topological polar surface area (TPSA) is 78.8 Å². The molecule has 0 aliphatic rings. The Labute approximate surface area is 116 Å². The molecule has 0 spiro atoms. The van der Waals surface area contributed by atoms with E-state index < -0.39 is 0 Å². The summed E-state index contributed by atoms with van der Waals surface area (Å²) in [5.41, 5.74) is 7.19. The Morgan fingerprint density at radius 2 is 2.26 bits per heavy atom. The summed E-state index contributed by atoms with van der Waals surface area (Å²) >= 11 is 6.19. The first-order valence-electron chi connectivity index (χ1n) is 5.96. The first-order valence-corrected chi connectivity index (χ1v) is 6.34. The molecule has 0 bridgehead atoms. The van der Waals surface area contributed by atoms with Crippen molar-refractivity contribution in [3.05, 3.63) is 23.2 Å². The number of halogens is 1. The lowest BCUT2D eigenvalue weighted by Gasteiger charge is -2.14. The van der Waals surface area contributed by atoms with E-state index in [9.17, 15) is 0 Å². The van der Waals surface area contributed by atoms with Crippen LogP contribution in [0, 0.1) is 0 Å². The zero-order valence-electron chi connectivity index (χ0n) is 10.9. The second-order valence-corrected chi connectivity index (χ2v) is 4.69. The standard InChI is InChI=1S/C12H16ClN5O/c1-8(6-7-19-2)18-12(15-16-17-18)11-9(13)4-3-5-10(11)14/h3-5,8H,6-7,14H2,1-2H3. The van der Waals surface area contributed by atoms with Gasteiger partial charge >= 0.3 is 0 Å². The van der Waals surface area contributed by atoms with Crippen molar-refractivity contribution >= 4 is 17.3 Å². The van der Waals surface area contributed by atoms with Crippen LogP contribution in [-0.2, 0) is 4.74 Å². The molecule has 102 valence electrons. The Bertz CT molecular complexity index is 537. The molecular formula is C12H16ClN5O. The fraction of sp³-hybridized carbons (Fsp3) is 0.417. The molecule has 1 unspecified atom stereocenters. The number of nitrogens with zero attached hydrogens (tertiary/aromatic N) is 4. The fourth-order valence-electron chi connectivity index (χ4n) is 1.84. The van der Waals surface area contributed by atoms with Crippen molar-refractivity contribution in [2.24, 2.45) is 0 Å². The van der Waals surface area contributed by atoms with E-state index in [1.807, 2.05) is 6.92 Å². The van der Waals surface area contributed by atoms with Crippen molar-refractivity contribution in [1.29, 1.82) is 0 Å². The molecule has 1 atom stereocenters. The average molecular weight is 282 g/mol. The molecule has 1 aromatic carbocycles. The minimum atomic E-state index is 0.0978. The lowest BCUT2D eigenvalue weighted by Crippen LogP contribution is -2.12. The predicted octanol–water partition coefficient (Wildman–Crippen LogP) is 2.17. The molecule has 0 saturated carbocycles. The van der Waals surface area contributed by atoms with E-state index >= 15 is 0 Å². The normalized spacial score (nSPS) is 12.6. The number of aromatic nitrogens is 4. The maximum absolute atomic E-state index is 6.19. The SMILES string of the molecule is COCCC(C)n1nnnc1-c1c(N)cccc1Cl. The lowest BCUT2D eigenvalue weighted by atomic mass is 10.1. The molecule has 0 amide bonds. The van der Waals surface area contributed by atoms with Gasteiger partial charge in [0.2, 0.25) is 0 Å². The molecule has 6 nitrogen and oxygen atoms in total. The Hall–Kier alpha value is -1.66. The Morgan fingerprint density at radius 1 is 1.47 bits per heavy atom. The summed E-state index contributed by atoms with van der Waals surface area (Å²) < 4.78 is 6.79. The zero-order valence-corrected chi connectivity index (χ0v) is 11.6.